The molecule has 3 N–H and O–H groups in total. The van der Waals surface area contributed by atoms with Crippen LogP contribution in [0.5, 0.6) is 5.75 Å². The summed E-state index contributed by atoms with van der Waals surface area (Å²) in [6.07, 6.45) is 3.68. The van der Waals surface area contributed by atoms with E-state index in [1.54, 1.807) is 0 Å². The lowest BCUT2D eigenvalue weighted by Gasteiger charge is -2.27. The van der Waals surface area contributed by atoms with Crippen molar-refractivity contribution >= 4 is 12.0 Å². The van der Waals surface area contributed by atoms with Gasteiger partial charge in [0, 0.05) is 18.2 Å². The minimum absolute atomic E-state index is 0.0412. The van der Waals surface area contributed by atoms with Crippen molar-refractivity contribution in [3.05, 3.63) is 29.3 Å². The number of carbonyl (C=O) groups is 2. The number of nitrogens with one attached hydrogen (secondary N) is 2. The van der Waals surface area contributed by atoms with Gasteiger partial charge < -0.3 is 20.5 Å². The van der Waals surface area contributed by atoms with Crippen LogP contribution in [0.25, 0.3) is 0 Å². The molecule has 1 aliphatic carbocycles. The van der Waals surface area contributed by atoms with Gasteiger partial charge in [-0.15, -0.1) is 0 Å². The lowest BCUT2D eigenvalue weighted by Crippen LogP contribution is -2.43. The summed E-state index contributed by atoms with van der Waals surface area (Å²) in [5, 5.41) is 14.9. The van der Waals surface area contributed by atoms with Gasteiger partial charge in [-0.2, -0.15) is 0 Å². The van der Waals surface area contributed by atoms with Crippen molar-refractivity contribution in [1.29, 1.82) is 0 Å². The summed E-state index contributed by atoms with van der Waals surface area (Å²) in [7, 11) is 0. The SMILES string of the molecule is CCC(C)Oc1cc(C)ccc1CNC(=O)NC1CCC(C(=O)O)CC1. The van der Waals surface area contributed by atoms with E-state index in [1.807, 2.05) is 32.0 Å². The number of hydrogen-bond donors (Lipinski definition) is 3. The molecule has 1 aliphatic rings. The molecule has 2 amide bonds. The van der Waals surface area contributed by atoms with Crippen LogP contribution in [-0.2, 0) is 11.3 Å². The van der Waals surface area contributed by atoms with E-state index < -0.39 is 5.97 Å². The van der Waals surface area contributed by atoms with Crippen molar-refractivity contribution in [2.75, 3.05) is 0 Å². The number of carboxylic acid groups (broad SMARTS) is 1. The van der Waals surface area contributed by atoms with Gasteiger partial charge in [0.2, 0.25) is 0 Å². The second-order valence-electron chi connectivity index (χ2n) is 7.16. The van der Waals surface area contributed by atoms with Crippen molar-refractivity contribution in [3.8, 4) is 5.75 Å². The topological polar surface area (TPSA) is 87.7 Å². The number of amides is 2. The lowest BCUT2D eigenvalue weighted by molar-refractivity contribution is -0.142. The summed E-state index contributed by atoms with van der Waals surface area (Å²) in [6, 6.07) is 5.80. The highest BCUT2D eigenvalue weighted by Gasteiger charge is 2.26. The summed E-state index contributed by atoms with van der Waals surface area (Å²) < 4.78 is 5.96. The van der Waals surface area contributed by atoms with Crippen molar-refractivity contribution in [3.63, 3.8) is 0 Å². The van der Waals surface area contributed by atoms with Gasteiger partial charge in [0.15, 0.2) is 0 Å². The lowest BCUT2D eigenvalue weighted by atomic mass is 9.86. The monoisotopic (exact) mass is 362 g/mol. The van der Waals surface area contributed by atoms with Gasteiger partial charge >= 0.3 is 12.0 Å². The van der Waals surface area contributed by atoms with E-state index >= 15 is 0 Å². The molecule has 1 aromatic rings. The number of carbonyl (C=O) groups excluding carboxylic acids is 1. The van der Waals surface area contributed by atoms with E-state index in [2.05, 4.69) is 17.6 Å². The third-order valence-electron chi connectivity index (χ3n) is 4.98. The molecular weight excluding hydrogens is 332 g/mol. The van der Waals surface area contributed by atoms with E-state index in [0.29, 0.717) is 32.2 Å². The molecule has 6 nitrogen and oxygen atoms in total. The number of carboxylic acids is 1. The van der Waals surface area contributed by atoms with E-state index in [4.69, 9.17) is 9.84 Å². The number of benzene rings is 1. The van der Waals surface area contributed by atoms with E-state index in [9.17, 15) is 9.59 Å². The second-order valence-corrected chi connectivity index (χ2v) is 7.16. The van der Waals surface area contributed by atoms with Crippen molar-refractivity contribution < 1.29 is 19.4 Å². The number of rotatable bonds is 7. The van der Waals surface area contributed by atoms with Gasteiger partial charge in [0.1, 0.15) is 5.75 Å². The maximum atomic E-state index is 12.2. The highest BCUT2D eigenvalue weighted by Crippen LogP contribution is 2.25. The molecule has 0 heterocycles. The van der Waals surface area contributed by atoms with E-state index in [-0.39, 0.29) is 24.1 Å². The van der Waals surface area contributed by atoms with Crippen LogP contribution in [-0.4, -0.2) is 29.3 Å². The highest BCUT2D eigenvalue weighted by atomic mass is 16.5. The van der Waals surface area contributed by atoms with Crippen LogP contribution in [0.3, 0.4) is 0 Å². The zero-order valence-electron chi connectivity index (χ0n) is 15.9. The minimum Gasteiger partial charge on any atom is -0.490 e. The first-order valence-corrected chi connectivity index (χ1v) is 9.42. The molecule has 1 fully saturated rings. The Morgan fingerprint density at radius 3 is 2.58 bits per heavy atom. The molecule has 1 unspecified atom stereocenters. The number of urea groups is 1. The predicted molar refractivity (Wildman–Crippen MR) is 100 cm³/mol. The molecular formula is C20H30N2O4. The Labute approximate surface area is 155 Å². The Kier molecular flexibility index (Phi) is 7.30. The summed E-state index contributed by atoms with van der Waals surface area (Å²) in [6.45, 7) is 6.51. The first-order valence-electron chi connectivity index (χ1n) is 9.42. The molecule has 1 saturated carbocycles. The van der Waals surface area contributed by atoms with Crippen LogP contribution in [0.1, 0.15) is 57.1 Å². The summed E-state index contributed by atoms with van der Waals surface area (Å²) in [5.74, 6) is -0.202. The molecule has 0 bridgehead atoms. The Balaban J connectivity index is 1.85. The van der Waals surface area contributed by atoms with Crippen molar-refractivity contribution in [2.24, 2.45) is 5.92 Å². The molecule has 26 heavy (non-hydrogen) atoms. The van der Waals surface area contributed by atoms with Gasteiger partial charge in [-0.25, -0.2) is 4.79 Å². The number of ether oxygens (including phenoxy) is 1. The third kappa shape index (κ3) is 5.93. The third-order valence-corrected chi connectivity index (χ3v) is 4.98. The molecule has 2 rings (SSSR count). The van der Waals surface area contributed by atoms with Crippen molar-refractivity contribution in [2.45, 2.75) is 71.6 Å². The first-order chi connectivity index (χ1) is 12.4. The zero-order chi connectivity index (χ0) is 19.1. The van der Waals surface area contributed by atoms with Crippen LogP contribution in [0.4, 0.5) is 4.79 Å². The number of aliphatic carboxylic acids is 1. The Morgan fingerprint density at radius 2 is 1.96 bits per heavy atom. The smallest absolute Gasteiger partial charge is 0.315 e. The Hall–Kier alpha value is -2.24. The minimum atomic E-state index is -0.735. The van der Waals surface area contributed by atoms with Gasteiger partial charge in [0.25, 0.3) is 0 Å². The molecule has 6 heteroatoms. The predicted octanol–water partition coefficient (Wildman–Crippen LogP) is 3.61. The quantitative estimate of drug-likeness (QED) is 0.691. The summed E-state index contributed by atoms with van der Waals surface area (Å²) in [4.78, 5) is 23.2. The average molecular weight is 362 g/mol. The number of hydrogen-bond acceptors (Lipinski definition) is 3. The molecule has 0 radical (unpaired) electrons. The van der Waals surface area contributed by atoms with Crippen LogP contribution in [0, 0.1) is 12.8 Å². The van der Waals surface area contributed by atoms with E-state index in [1.165, 1.54) is 0 Å². The Morgan fingerprint density at radius 1 is 1.27 bits per heavy atom. The molecule has 1 atom stereocenters. The maximum Gasteiger partial charge on any atom is 0.315 e. The van der Waals surface area contributed by atoms with E-state index in [0.717, 1.165) is 23.3 Å². The standard InChI is InChI=1S/C20H30N2O4/c1-4-14(3)26-18-11-13(2)5-6-16(18)12-21-20(25)22-17-9-7-15(8-10-17)19(23)24/h5-6,11,14-15,17H,4,7-10,12H2,1-3H3,(H,23,24)(H2,21,22,25). The molecule has 144 valence electrons. The van der Waals surface area contributed by atoms with Crippen LogP contribution >= 0.6 is 0 Å². The van der Waals surface area contributed by atoms with Crippen LogP contribution < -0.4 is 15.4 Å². The first kappa shape index (κ1) is 20.1. The van der Waals surface area contributed by atoms with Gasteiger partial charge in [-0.05, 0) is 57.6 Å². The van der Waals surface area contributed by atoms with Gasteiger partial charge in [-0.1, -0.05) is 19.1 Å². The van der Waals surface area contributed by atoms with Crippen molar-refractivity contribution in [1.82, 2.24) is 10.6 Å². The number of aryl methyl sites for hydroxylation is 1. The fraction of sp³-hybridized carbons (Fsp3) is 0.600. The summed E-state index contributed by atoms with van der Waals surface area (Å²) in [5.41, 5.74) is 2.06. The average Bonchev–Trinajstić information content (AvgIpc) is 2.61. The second kappa shape index (κ2) is 9.46. The molecule has 0 aromatic heterocycles. The molecule has 0 aliphatic heterocycles. The summed E-state index contributed by atoms with van der Waals surface area (Å²) >= 11 is 0. The fourth-order valence-corrected chi connectivity index (χ4v) is 3.11. The van der Waals surface area contributed by atoms with Gasteiger partial charge in [0.05, 0.1) is 12.0 Å². The van der Waals surface area contributed by atoms with Crippen LogP contribution in [0.2, 0.25) is 0 Å². The normalized spacial score (nSPS) is 20.9. The largest absolute Gasteiger partial charge is 0.490 e. The zero-order valence-corrected chi connectivity index (χ0v) is 15.9. The molecule has 1 aromatic carbocycles. The Bertz CT molecular complexity index is 624. The highest BCUT2D eigenvalue weighted by molar-refractivity contribution is 5.74. The van der Waals surface area contributed by atoms with Crippen LogP contribution in [0.15, 0.2) is 18.2 Å². The molecule has 0 saturated heterocycles. The maximum absolute atomic E-state index is 12.2. The molecule has 0 spiro atoms. The van der Waals surface area contributed by atoms with Gasteiger partial charge in [-0.3, -0.25) is 4.79 Å². The fourth-order valence-electron chi connectivity index (χ4n) is 3.11.